The summed E-state index contributed by atoms with van der Waals surface area (Å²) in [6, 6.07) is 3.99. The van der Waals surface area contributed by atoms with Crippen LogP contribution in [0.4, 0.5) is 24.8 Å². The molecule has 9 heteroatoms. The van der Waals surface area contributed by atoms with Crippen LogP contribution in [-0.4, -0.2) is 19.4 Å². The highest BCUT2D eigenvalue weighted by atomic mass is 19.4. The fraction of sp³-hybridized carbons (Fsp3) is 0.0769. The SMILES string of the molecule is N#Cc1cn2ccnc2c(Nc2ccc(C(F)(F)F)cn2)n1. The fourth-order valence-corrected chi connectivity index (χ4v) is 1.83. The molecule has 0 atom stereocenters. The highest BCUT2D eigenvalue weighted by Gasteiger charge is 2.30. The van der Waals surface area contributed by atoms with Gasteiger partial charge in [-0.1, -0.05) is 0 Å². The maximum absolute atomic E-state index is 12.5. The number of halogens is 3. The van der Waals surface area contributed by atoms with Crippen LogP contribution >= 0.6 is 0 Å². The van der Waals surface area contributed by atoms with Gasteiger partial charge in [-0.25, -0.2) is 15.0 Å². The van der Waals surface area contributed by atoms with Crippen molar-refractivity contribution >= 4 is 17.3 Å². The molecule has 0 saturated carbocycles. The molecule has 0 spiro atoms. The Morgan fingerprint density at radius 2 is 2.05 bits per heavy atom. The third-order valence-electron chi connectivity index (χ3n) is 2.83. The Morgan fingerprint density at radius 1 is 1.23 bits per heavy atom. The van der Waals surface area contributed by atoms with E-state index in [1.165, 1.54) is 18.5 Å². The summed E-state index contributed by atoms with van der Waals surface area (Å²) in [6.45, 7) is 0. The largest absolute Gasteiger partial charge is 0.417 e. The third kappa shape index (κ3) is 2.54. The van der Waals surface area contributed by atoms with Crippen molar-refractivity contribution in [3.8, 4) is 6.07 Å². The summed E-state index contributed by atoms with van der Waals surface area (Å²) in [5, 5.41) is 11.7. The van der Waals surface area contributed by atoms with Crippen LogP contribution in [0.1, 0.15) is 11.3 Å². The molecule has 22 heavy (non-hydrogen) atoms. The van der Waals surface area contributed by atoms with Gasteiger partial charge in [0.05, 0.1) is 5.56 Å². The Labute approximate surface area is 121 Å². The van der Waals surface area contributed by atoms with Crippen molar-refractivity contribution in [2.24, 2.45) is 0 Å². The molecule has 0 saturated heterocycles. The lowest BCUT2D eigenvalue weighted by Gasteiger charge is -2.09. The van der Waals surface area contributed by atoms with Gasteiger partial charge in [0.2, 0.25) is 0 Å². The zero-order valence-corrected chi connectivity index (χ0v) is 10.8. The van der Waals surface area contributed by atoms with Crippen LogP contribution in [0.3, 0.4) is 0 Å². The molecule has 110 valence electrons. The van der Waals surface area contributed by atoms with E-state index >= 15 is 0 Å². The first-order chi connectivity index (χ1) is 10.5. The second-order valence-electron chi connectivity index (χ2n) is 4.30. The van der Waals surface area contributed by atoms with Crippen molar-refractivity contribution in [1.82, 2.24) is 19.4 Å². The van der Waals surface area contributed by atoms with Crippen molar-refractivity contribution in [1.29, 1.82) is 5.26 Å². The van der Waals surface area contributed by atoms with Crippen LogP contribution < -0.4 is 5.32 Å². The smallest absolute Gasteiger partial charge is 0.322 e. The monoisotopic (exact) mass is 304 g/mol. The Balaban J connectivity index is 1.96. The third-order valence-corrected chi connectivity index (χ3v) is 2.83. The van der Waals surface area contributed by atoms with Gasteiger partial charge in [0.25, 0.3) is 0 Å². The predicted octanol–water partition coefficient (Wildman–Crippen LogP) is 2.76. The molecule has 0 bridgehead atoms. The van der Waals surface area contributed by atoms with E-state index in [9.17, 15) is 13.2 Å². The average molecular weight is 304 g/mol. The second-order valence-corrected chi connectivity index (χ2v) is 4.30. The first-order valence-corrected chi connectivity index (χ1v) is 6.01. The van der Waals surface area contributed by atoms with Crippen molar-refractivity contribution in [3.63, 3.8) is 0 Å². The molecule has 0 aliphatic rings. The van der Waals surface area contributed by atoms with Gasteiger partial charge in [0.1, 0.15) is 11.9 Å². The molecule has 3 rings (SSSR count). The number of hydrogen-bond donors (Lipinski definition) is 1. The number of fused-ring (bicyclic) bond motifs is 1. The van der Waals surface area contributed by atoms with Crippen LogP contribution in [0.25, 0.3) is 5.65 Å². The minimum Gasteiger partial charge on any atom is -0.322 e. The molecule has 0 amide bonds. The van der Waals surface area contributed by atoms with Gasteiger partial charge in [-0.2, -0.15) is 18.4 Å². The molecule has 3 aromatic heterocycles. The maximum atomic E-state index is 12.5. The summed E-state index contributed by atoms with van der Waals surface area (Å²) >= 11 is 0. The Bertz CT molecular complexity index is 860. The molecule has 3 heterocycles. The lowest BCUT2D eigenvalue weighted by molar-refractivity contribution is -0.137. The van der Waals surface area contributed by atoms with Crippen LogP contribution in [0.15, 0.2) is 36.9 Å². The molecule has 0 aliphatic heterocycles. The summed E-state index contributed by atoms with van der Waals surface area (Å²) in [4.78, 5) is 11.8. The van der Waals surface area contributed by atoms with Gasteiger partial charge in [0.15, 0.2) is 17.2 Å². The highest BCUT2D eigenvalue weighted by molar-refractivity contribution is 5.68. The van der Waals surface area contributed by atoms with Crippen molar-refractivity contribution in [2.45, 2.75) is 6.18 Å². The van der Waals surface area contributed by atoms with Gasteiger partial charge in [-0.05, 0) is 12.1 Å². The van der Waals surface area contributed by atoms with E-state index in [1.54, 1.807) is 10.6 Å². The molecule has 0 radical (unpaired) electrons. The van der Waals surface area contributed by atoms with Crippen molar-refractivity contribution in [2.75, 3.05) is 5.32 Å². The number of pyridine rings is 1. The van der Waals surface area contributed by atoms with E-state index in [2.05, 4.69) is 20.3 Å². The zero-order valence-electron chi connectivity index (χ0n) is 10.8. The molecule has 0 aromatic carbocycles. The first-order valence-electron chi connectivity index (χ1n) is 6.01. The van der Waals surface area contributed by atoms with Gasteiger partial charge in [-0.15, -0.1) is 0 Å². The van der Waals surface area contributed by atoms with Crippen molar-refractivity contribution in [3.05, 3.63) is 48.2 Å². The number of rotatable bonds is 2. The van der Waals surface area contributed by atoms with E-state index in [-0.39, 0.29) is 17.3 Å². The number of alkyl halides is 3. The maximum Gasteiger partial charge on any atom is 0.417 e. The standard InChI is InChI=1S/C13H7F3N6/c14-13(15,16)8-1-2-10(19-6-8)21-11-12-18-3-4-22(12)7-9(5-17)20-11/h1-4,6-7H,(H,19,20,21). The van der Waals surface area contributed by atoms with Gasteiger partial charge >= 0.3 is 6.18 Å². The van der Waals surface area contributed by atoms with E-state index < -0.39 is 11.7 Å². The van der Waals surface area contributed by atoms with Gasteiger partial charge < -0.3 is 9.72 Å². The van der Waals surface area contributed by atoms with E-state index in [4.69, 9.17) is 5.26 Å². The summed E-state index contributed by atoms with van der Waals surface area (Å²) in [6.07, 6.45) is 0.917. The summed E-state index contributed by atoms with van der Waals surface area (Å²) in [5.41, 5.74) is -0.275. The topological polar surface area (TPSA) is 78.9 Å². The molecule has 3 aromatic rings. The van der Waals surface area contributed by atoms with E-state index in [0.717, 1.165) is 12.3 Å². The van der Waals surface area contributed by atoms with Crippen molar-refractivity contribution < 1.29 is 13.2 Å². The minimum absolute atomic E-state index is 0.139. The zero-order chi connectivity index (χ0) is 15.7. The predicted molar refractivity (Wildman–Crippen MR) is 70.2 cm³/mol. The van der Waals surface area contributed by atoms with Gasteiger partial charge in [-0.3, -0.25) is 0 Å². The Hall–Kier alpha value is -3.15. The number of anilines is 2. The average Bonchev–Trinajstić information content (AvgIpc) is 2.95. The Kier molecular flexibility index (Phi) is 3.14. The lowest BCUT2D eigenvalue weighted by Crippen LogP contribution is -2.06. The van der Waals surface area contributed by atoms with E-state index in [0.29, 0.717) is 5.65 Å². The number of imidazole rings is 1. The lowest BCUT2D eigenvalue weighted by atomic mass is 10.3. The van der Waals surface area contributed by atoms with Crippen LogP contribution in [0.2, 0.25) is 0 Å². The molecule has 0 fully saturated rings. The second kappa shape index (κ2) is 5.00. The number of aromatic nitrogens is 4. The summed E-state index contributed by atoms with van der Waals surface area (Å²) in [5.74, 6) is 0.400. The normalized spacial score (nSPS) is 11.4. The number of nitrogens with one attached hydrogen (secondary N) is 1. The Morgan fingerprint density at radius 3 is 2.68 bits per heavy atom. The highest BCUT2D eigenvalue weighted by Crippen LogP contribution is 2.29. The van der Waals surface area contributed by atoms with Crippen LogP contribution in [0, 0.1) is 11.3 Å². The van der Waals surface area contributed by atoms with E-state index in [1.807, 2.05) is 6.07 Å². The molecule has 6 nitrogen and oxygen atoms in total. The van der Waals surface area contributed by atoms with Crippen LogP contribution in [-0.2, 0) is 6.18 Å². The molecule has 0 aliphatic carbocycles. The molecular weight excluding hydrogens is 297 g/mol. The van der Waals surface area contributed by atoms with Crippen LogP contribution in [0.5, 0.6) is 0 Å². The minimum atomic E-state index is -4.44. The summed E-state index contributed by atoms with van der Waals surface area (Å²) in [7, 11) is 0. The quantitative estimate of drug-likeness (QED) is 0.787. The molecular formula is C13H7F3N6. The van der Waals surface area contributed by atoms with Gasteiger partial charge in [0, 0.05) is 24.8 Å². The summed E-state index contributed by atoms with van der Waals surface area (Å²) < 4.78 is 39.1. The molecule has 1 N–H and O–H groups in total. The number of nitrogens with zero attached hydrogens (tertiary/aromatic N) is 5. The number of nitriles is 1. The fourth-order valence-electron chi connectivity index (χ4n) is 1.83. The number of hydrogen-bond acceptors (Lipinski definition) is 5. The molecule has 0 unspecified atom stereocenters. The first kappa shape index (κ1) is 13.8.